The summed E-state index contributed by atoms with van der Waals surface area (Å²) in [5.74, 6) is 0.0307. The Balaban J connectivity index is 2.04. The molecular weight excluding hydrogens is 360 g/mol. The Hall–Kier alpha value is -2.73. The van der Waals surface area contributed by atoms with Gasteiger partial charge in [-0.25, -0.2) is 8.42 Å². The molecule has 0 saturated heterocycles. The minimum atomic E-state index is -3.27. The number of rotatable bonds is 4. The first kappa shape index (κ1) is 19.0. The molecule has 0 atom stereocenters. The summed E-state index contributed by atoms with van der Waals surface area (Å²) < 4.78 is 23.3. The van der Waals surface area contributed by atoms with Gasteiger partial charge in [0.2, 0.25) is 0 Å². The first-order chi connectivity index (χ1) is 12.7. The van der Waals surface area contributed by atoms with Gasteiger partial charge in [-0.05, 0) is 42.3 Å². The first-order valence-electron chi connectivity index (χ1n) is 8.66. The highest BCUT2D eigenvalue weighted by molar-refractivity contribution is 7.90. The van der Waals surface area contributed by atoms with Crippen LogP contribution in [0.3, 0.4) is 0 Å². The topological polar surface area (TPSA) is 67.3 Å². The molecule has 0 unspecified atom stereocenters. The number of sulfone groups is 1. The van der Waals surface area contributed by atoms with E-state index in [9.17, 15) is 13.2 Å². The summed E-state index contributed by atoms with van der Waals surface area (Å²) in [6, 6.07) is 15.7. The van der Waals surface area contributed by atoms with E-state index in [1.807, 2.05) is 44.2 Å². The molecule has 6 heteroatoms. The second kappa shape index (κ2) is 7.12. The van der Waals surface area contributed by atoms with Crippen LogP contribution in [0.5, 0.6) is 0 Å². The van der Waals surface area contributed by atoms with Crippen LogP contribution in [0.1, 0.15) is 35.8 Å². The Bertz CT molecular complexity index is 1100. The van der Waals surface area contributed by atoms with Gasteiger partial charge in [0.25, 0.3) is 5.91 Å². The number of aromatic nitrogens is 1. The van der Waals surface area contributed by atoms with Gasteiger partial charge in [0.05, 0.1) is 16.0 Å². The third kappa shape index (κ3) is 3.85. The first-order valence-corrected chi connectivity index (χ1v) is 10.6. The molecule has 1 aromatic heterocycles. The predicted molar refractivity (Wildman–Crippen MR) is 108 cm³/mol. The summed E-state index contributed by atoms with van der Waals surface area (Å²) in [4.78, 5) is 19.6. The molecule has 5 nitrogen and oxygen atoms in total. The molecule has 0 N–H and O–H groups in total. The van der Waals surface area contributed by atoms with Crippen molar-refractivity contribution in [1.82, 2.24) is 4.98 Å². The molecule has 0 aliphatic rings. The van der Waals surface area contributed by atoms with Crippen molar-refractivity contribution in [3.8, 4) is 0 Å². The zero-order valence-electron chi connectivity index (χ0n) is 15.8. The van der Waals surface area contributed by atoms with Crippen molar-refractivity contribution in [2.24, 2.45) is 0 Å². The Labute approximate surface area is 159 Å². The lowest BCUT2D eigenvalue weighted by Gasteiger charge is -2.20. The van der Waals surface area contributed by atoms with Gasteiger partial charge in [0.15, 0.2) is 9.84 Å². The average molecular weight is 382 g/mol. The number of amides is 1. The molecular formula is C21H22N2O3S. The summed E-state index contributed by atoms with van der Waals surface area (Å²) in [5.41, 5.74) is 2.85. The average Bonchev–Trinajstić information content (AvgIpc) is 2.65. The number of hydrogen-bond acceptors (Lipinski definition) is 4. The van der Waals surface area contributed by atoms with Crippen LogP contribution < -0.4 is 4.90 Å². The number of fused-ring (bicyclic) bond motifs is 1. The summed E-state index contributed by atoms with van der Waals surface area (Å²) in [6.45, 7) is 4.08. The van der Waals surface area contributed by atoms with Crippen molar-refractivity contribution in [3.63, 3.8) is 0 Å². The van der Waals surface area contributed by atoms with Crippen LogP contribution in [0.2, 0.25) is 0 Å². The van der Waals surface area contributed by atoms with Crippen LogP contribution in [-0.2, 0) is 9.84 Å². The van der Waals surface area contributed by atoms with Crippen molar-refractivity contribution in [3.05, 3.63) is 65.9 Å². The number of para-hydroxylation sites is 1. The highest BCUT2D eigenvalue weighted by Crippen LogP contribution is 2.25. The van der Waals surface area contributed by atoms with Crippen molar-refractivity contribution in [2.75, 3.05) is 18.2 Å². The number of carbonyl (C=O) groups is 1. The maximum Gasteiger partial charge on any atom is 0.258 e. The van der Waals surface area contributed by atoms with E-state index in [4.69, 9.17) is 0 Å². The van der Waals surface area contributed by atoms with Gasteiger partial charge < -0.3 is 4.90 Å². The van der Waals surface area contributed by atoms with Crippen molar-refractivity contribution in [2.45, 2.75) is 24.7 Å². The monoisotopic (exact) mass is 382 g/mol. The van der Waals surface area contributed by atoms with Gasteiger partial charge in [-0.3, -0.25) is 9.78 Å². The molecule has 0 radical (unpaired) electrons. The third-order valence-corrected chi connectivity index (χ3v) is 5.64. The summed E-state index contributed by atoms with van der Waals surface area (Å²) >= 11 is 0. The van der Waals surface area contributed by atoms with Crippen LogP contribution in [-0.4, -0.2) is 32.6 Å². The van der Waals surface area contributed by atoms with E-state index in [2.05, 4.69) is 4.98 Å². The number of hydrogen-bond donors (Lipinski definition) is 0. The van der Waals surface area contributed by atoms with Gasteiger partial charge in [-0.15, -0.1) is 0 Å². The summed E-state index contributed by atoms with van der Waals surface area (Å²) in [6.07, 6.45) is 1.16. The second-order valence-corrected chi connectivity index (χ2v) is 8.91. The SMILES string of the molecule is CC(C)c1cc(C(=O)N(C)c2ccc(S(C)(=O)=O)cc2)c2ccccc2n1. The smallest absolute Gasteiger partial charge is 0.258 e. The molecule has 1 heterocycles. The maximum atomic E-state index is 13.2. The molecule has 27 heavy (non-hydrogen) atoms. The molecule has 140 valence electrons. The number of anilines is 1. The van der Waals surface area contributed by atoms with Gasteiger partial charge in [0.1, 0.15) is 0 Å². The molecule has 0 spiro atoms. The zero-order valence-corrected chi connectivity index (χ0v) is 16.6. The molecule has 0 aliphatic heterocycles. The highest BCUT2D eigenvalue weighted by Gasteiger charge is 2.19. The molecule has 1 amide bonds. The van der Waals surface area contributed by atoms with Crippen molar-refractivity contribution < 1.29 is 13.2 Å². The lowest BCUT2D eigenvalue weighted by atomic mass is 10.0. The highest BCUT2D eigenvalue weighted by atomic mass is 32.2. The van der Waals surface area contributed by atoms with Crippen LogP contribution >= 0.6 is 0 Å². The number of carbonyl (C=O) groups excluding carboxylic acids is 1. The fourth-order valence-corrected chi connectivity index (χ4v) is 3.51. The van der Waals surface area contributed by atoms with E-state index in [-0.39, 0.29) is 16.7 Å². The van der Waals surface area contributed by atoms with E-state index in [1.165, 1.54) is 17.0 Å². The van der Waals surface area contributed by atoms with E-state index >= 15 is 0 Å². The lowest BCUT2D eigenvalue weighted by Crippen LogP contribution is -2.26. The largest absolute Gasteiger partial charge is 0.311 e. The van der Waals surface area contributed by atoms with Crippen LogP contribution in [0, 0.1) is 0 Å². The summed E-state index contributed by atoms with van der Waals surface area (Å²) in [5, 5.41) is 0.798. The minimum absolute atomic E-state index is 0.164. The van der Waals surface area contributed by atoms with E-state index in [0.29, 0.717) is 11.3 Å². The Morgan fingerprint density at radius 3 is 2.26 bits per heavy atom. The van der Waals surface area contributed by atoms with Gasteiger partial charge in [-0.2, -0.15) is 0 Å². The van der Waals surface area contributed by atoms with Gasteiger partial charge in [-0.1, -0.05) is 32.0 Å². The van der Waals surface area contributed by atoms with Crippen LogP contribution in [0.15, 0.2) is 59.5 Å². The van der Waals surface area contributed by atoms with E-state index < -0.39 is 9.84 Å². The Morgan fingerprint density at radius 1 is 1.04 bits per heavy atom. The number of benzene rings is 2. The van der Waals surface area contributed by atoms with Gasteiger partial charge in [0, 0.05) is 30.1 Å². The fourth-order valence-electron chi connectivity index (χ4n) is 2.88. The predicted octanol–water partition coefficient (Wildman–Crippen LogP) is 4.04. The summed E-state index contributed by atoms with van der Waals surface area (Å²) in [7, 11) is -1.59. The minimum Gasteiger partial charge on any atom is -0.311 e. The third-order valence-electron chi connectivity index (χ3n) is 4.51. The zero-order chi connectivity index (χ0) is 19.8. The van der Waals surface area contributed by atoms with Crippen LogP contribution in [0.25, 0.3) is 10.9 Å². The Morgan fingerprint density at radius 2 is 1.67 bits per heavy atom. The maximum absolute atomic E-state index is 13.2. The molecule has 0 fully saturated rings. The molecule has 0 aliphatic carbocycles. The lowest BCUT2D eigenvalue weighted by molar-refractivity contribution is 0.0994. The molecule has 0 bridgehead atoms. The molecule has 2 aromatic carbocycles. The molecule has 3 rings (SSSR count). The van der Waals surface area contributed by atoms with E-state index in [1.54, 1.807) is 19.2 Å². The second-order valence-electron chi connectivity index (χ2n) is 6.90. The van der Waals surface area contributed by atoms with Crippen molar-refractivity contribution in [1.29, 1.82) is 0 Å². The molecule has 0 saturated carbocycles. The van der Waals surface area contributed by atoms with E-state index in [0.717, 1.165) is 22.9 Å². The number of pyridine rings is 1. The Kier molecular flexibility index (Phi) is 5.02. The quantitative estimate of drug-likeness (QED) is 0.683. The normalized spacial score (nSPS) is 11.7. The fraction of sp³-hybridized carbons (Fsp3) is 0.238. The van der Waals surface area contributed by atoms with Gasteiger partial charge >= 0.3 is 0 Å². The van der Waals surface area contributed by atoms with Crippen LogP contribution in [0.4, 0.5) is 5.69 Å². The molecule has 3 aromatic rings. The van der Waals surface area contributed by atoms with Crippen molar-refractivity contribution >= 4 is 32.3 Å². The standard InChI is InChI=1S/C21H22N2O3S/c1-14(2)20-13-18(17-7-5-6-8-19(17)22-20)21(24)23(3)15-9-11-16(12-10-15)27(4,25)26/h5-14H,1-4H3. The number of nitrogens with zero attached hydrogens (tertiary/aromatic N) is 2.